The Labute approximate surface area is 215 Å². The van der Waals surface area contributed by atoms with E-state index in [2.05, 4.69) is 0 Å². The van der Waals surface area contributed by atoms with Gasteiger partial charge in [-0.15, -0.1) is 0 Å². The van der Waals surface area contributed by atoms with E-state index in [0.717, 1.165) is 0 Å². The molecular weight excluding hydrogens is 513 g/mol. The predicted molar refractivity (Wildman–Crippen MR) is 135 cm³/mol. The van der Waals surface area contributed by atoms with Crippen LogP contribution in [-0.2, 0) is 24.2 Å². The molecule has 1 aliphatic rings. The summed E-state index contributed by atoms with van der Waals surface area (Å²) in [6, 6.07) is 12.4. The SMILES string of the molecule is CCC(CS(=O)(=O)C(C)C)N1C(=O)[C@@H](CC(=O)O)OC(c2cccc(Cl)c2)C1c1ccc(Cl)cc1. The maximum absolute atomic E-state index is 13.7. The number of carboxylic acids is 1. The monoisotopic (exact) mass is 541 g/mol. The highest BCUT2D eigenvalue weighted by molar-refractivity contribution is 7.92. The number of amides is 1. The molecule has 7 nitrogen and oxygen atoms in total. The van der Waals surface area contributed by atoms with Gasteiger partial charge in [0.1, 0.15) is 12.2 Å². The van der Waals surface area contributed by atoms with Crippen LogP contribution in [0.25, 0.3) is 0 Å². The van der Waals surface area contributed by atoms with Gasteiger partial charge in [-0.05, 0) is 55.7 Å². The Morgan fingerprint density at radius 1 is 1.09 bits per heavy atom. The van der Waals surface area contributed by atoms with Gasteiger partial charge in [0.15, 0.2) is 9.84 Å². The van der Waals surface area contributed by atoms with Crippen LogP contribution < -0.4 is 0 Å². The number of benzene rings is 2. The number of hydrogen-bond donors (Lipinski definition) is 1. The topological polar surface area (TPSA) is 101 Å². The fourth-order valence-electron chi connectivity index (χ4n) is 4.26. The van der Waals surface area contributed by atoms with Crippen molar-refractivity contribution in [3.05, 3.63) is 69.7 Å². The third-order valence-electron chi connectivity index (χ3n) is 6.18. The predicted octanol–water partition coefficient (Wildman–Crippen LogP) is 5.08. The number of morpholine rings is 1. The third kappa shape index (κ3) is 6.36. The van der Waals surface area contributed by atoms with Gasteiger partial charge in [-0.1, -0.05) is 54.4 Å². The molecule has 1 fully saturated rings. The molecule has 0 aliphatic carbocycles. The number of halogens is 2. The fourth-order valence-corrected chi connectivity index (χ4v) is 5.90. The molecule has 1 heterocycles. The summed E-state index contributed by atoms with van der Waals surface area (Å²) in [6.45, 7) is 5.01. The number of aliphatic carboxylic acids is 1. The minimum Gasteiger partial charge on any atom is -0.481 e. The maximum Gasteiger partial charge on any atom is 0.306 e. The van der Waals surface area contributed by atoms with Crippen molar-refractivity contribution < 1.29 is 27.9 Å². The lowest BCUT2D eigenvalue weighted by Crippen LogP contribution is -2.56. The fraction of sp³-hybridized carbons (Fsp3) is 0.440. The Morgan fingerprint density at radius 3 is 2.29 bits per heavy atom. The molecule has 4 atom stereocenters. The highest BCUT2D eigenvalue weighted by atomic mass is 35.5. The number of carbonyl (C=O) groups is 2. The van der Waals surface area contributed by atoms with Crippen molar-refractivity contribution in [1.29, 1.82) is 0 Å². The molecule has 0 aromatic heterocycles. The molecule has 1 saturated heterocycles. The van der Waals surface area contributed by atoms with Crippen molar-refractivity contribution in [3.63, 3.8) is 0 Å². The van der Waals surface area contributed by atoms with Gasteiger partial charge in [0.2, 0.25) is 0 Å². The summed E-state index contributed by atoms with van der Waals surface area (Å²) < 4.78 is 31.9. The lowest BCUT2D eigenvalue weighted by Gasteiger charge is -2.48. The van der Waals surface area contributed by atoms with E-state index in [1.807, 2.05) is 6.92 Å². The molecule has 3 rings (SSSR count). The molecule has 0 bridgehead atoms. The molecule has 1 N–H and O–H groups in total. The number of hydrogen-bond acceptors (Lipinski definition) is 5. The number of carbonyl (C=O) groups excluding carboxylic acids is 1. The molecule has 2 aromatic rings. The molecule has 10 heteroatoms. The van der Waals surface area contributed by atoms with Gasteiger partial charge in [-0.3, -0.25) is 9.59 Å². The molecule has 2 aromatic carbocycles. The number of rotatable bonds is 9. The van der Waals surface area contributed by atoms with Crippen molar-refractivity contribution in [2.45, 2.75) is 63.2 Å². The first-order valence-corrected chi connectivity index (χ1v) is 13.8. The minimum absolute atomic E-state index is 0.251. The summed E-state index contributed by atoms with van der Waals surface area (Å²) >= 11 is 12.4. The van der Waals surface area contributed by atoms with Gasteiger partial charge in [0, 0.05) is 16.1 Å². The lowest BCUT2D eigenvalue weighted by atomic mass is 9.89. The van der Waals surface area contributed by atoms with Crippen LogP contribution in [0.15, 0.2) is 48.5 Å². The first kappa shape index (κ1) is 27.5. The van der Waals surface area contributed by atoms with Crippen molar-refractivity contribution >= 4 is 44.9 Å². The maximum atomic E-state index is 13.7. The summed E-state index contributed by atoms with van der Waals surface area (Å²) in [5.41, 5.74) is 1.33. The Bertz CT molecular complexity index is 1170. The van der Waals surface area contributed by atoms with Crippen molar-refractivity contribution in [1.82, 2.24) is 4.90 Å². The molecular formula is C25H29Cl2NO6S. The molecule has 1 aliphatic heterocycles. The van der Waals surface area contributed by atoms with Gasteiger partial charge in [-0.2, -0.15) is 0 Å². The number of sulfone groups is 1. The Morgan fingerprint density at radius 2 is 1.74 bits per heavy atom. The van der Waals surface area contributed by atoms with E-state index in [1.54, 1.807) is 62.4 Å². The van der Waals surface area contributed by atoms with Crippen LogP contribution in [0.2, 0.25) is 10.0 Å². The van der Waals surface area contributed by atoms with Crippen LogP contribution in [-0.4, -0.2) is 53.4 Å². The first-order valence-electron chi connectivity index (χ1n) is 11.4. The van der Waals surface area contributed by atoms with E-state index < -0.39 is 57.7 Å². The van der Waals surface area contributed by atoms with E-state index in [9.17, 15) is 23.1 Å². The average molecular weight is 542 g/mol. The zero-order valence-electron chi connectivity index (χ0n) is 19.7. The van der Waals surface area contributed by atoms with E-state index in [1.165, 1.54) is 4.90 Å². The normalized spacial score (nSPS) is 21.8. The van der Waals surface area contributed by atoms with E-state index in [4.69, 9.17) is 27.9 Å². The van der Waals surface area contributed by atoms with Gasteiger partial charge >= 0.3 is 5.97 Å². The van der Waals surface area contributed by atoms with Gasteiger partial charge in [0.25, 0.3) is 5.91 Å². The highest BCUT2D eigenvalue weighted by Gasteiger charge is 2.47. The summed E-state index contributed by atoms with van der Waals surface area (Å²) in [7, 11) is -3.52. The van der Waals surface area contributed by atoms with Crippen molar-refractivity contribution in [2.75, 3.05) is 5.75 Å². The van der Waals surface area contributed by atoms with E-state index in [-0.39, 0.29) is 5.75 Å². The van der Waals surface area contributed by atoms with Crippen molar-refractivity contribution in [3.8, 4) is 0 Å². The first-order chi connectivity index (χ1) is 16.4. The summed E-state index contributed by atoms with van der Waals surface area (Å²) in [6.07, 6.45) is -2.26. The molecule has 0 saturated carbocycles. The average Bonchev–Trinajstić information content (AvgIpc) is 2.79. The second kappa shape index (κ2) is 11.3. The second-order valence-corrected chi connectivity index (χ2v) is 12.4. The summed E-state index contributed by atoms with van der Waals surface area (Å²) in [5.74, 6) is -2.00. The zero-order chi connectivity index (χ0) is 25.9. The quantitative estimate of drug-likeness (QED) is 0.475. The van der Waals surface area contributed by atoms with Gasteiger partial charge < -0.3 is 14.7 Å². The third-order valence-corrected chi connectivity index (χ3v) is 8.96. The van der Waals surface area contributed by atoms with Crippen LogP contribution in [0.1, 0.15) is 56.9 Å². The minimum atomic E-state index is -3.52. The standard InChI is InChI=1S/C25H29Cl2NO6S/c1-4-20(14-35(32,33)15(2)3)28-23(16-8-10-18(26)11-9-16)24(17-6-5-7-19(27)12-17)34-21(25(28)31)13-22(29)30/h5-12,15,20-21,23-24H,4,13-14H2,1-3H3,(H,29,30)/t20?,21-,23?,24?/m1/s1. The van der Waals surface area contributed by atoms with Crippen LogP contribution in [0.3, 0.4) is 0 Å². The number of ether oxygens (including phenoxy) is 1. The molecule has 1 amide bonds. The second-order valence-electron chi connectivity index (χ2n) is 8.88. The molecule has 0 spiro atoms. The van der Waals surface area contributed by atoms with Crippen LogP contribution >= 0.6 is 23.2 Å². The van der Waals surface area contributed by atoms with Crippen LogP contribution in [0.5, 0.6) is 0 Å². The smallest absolute Gasteiger partial charge is 0.306 e. The highest BCUT2D eigenvalue weighted by Crippen LogP contribution is 2.44. The van der Waals surface area contributed by atoms with Gasteiger partial charge in [-0.25, -0.2) is 8.42 Å². The van der Waals surface area contributed by atoms with Crippen molar-refractivity contribution in [2.24, 2.45) is 0 Å². The summed E-state index contributed by atoms with van der Waals surface area (Å²) in [4.78, 5) is 26.8. The molecule has 35 heavy (non-hydrogen) atoms. The Hall–Kier alpha value is -2.13. The largest absolute Gasteiger partial charge is 0.481 e. The van der Waals surface area contributed by atoms with Crippen LogP contribution in [0, 0.1) is 0 Å². The molecule has 3 unspecified atom stereocenters. The van der Waals surface area contributed by atoms with Crippen LogP contribution in [0.4, 0.5) is 0 Å². The van der Waals surface area contributed by atoms with Gasteiger partial charge in [0.05, 0.1) is 23.5 Å². The number of nitrogens with zero attached hydrogens (tertiary/aromatic N) is 1. The Balaban J connectivity index is 2.21. The number of carboxylic acid groups (broad SMARTS) is 1. The Kier molecular flexibility index (Phi) is 8.86. The van der Waals surface area contributed by atoms with E-state index in [0.29, 0.717) is 27.6 Å². The molecule has 190 valence electrons. The summed E-state index contributed by atoms with van der Waals surface area (Å²) in [5, 5.41) is 9.79. The zero-order valence-corrected chi connectivity index (χ0v) is 22.1. The molecule has 0 radical (unpaired) electrons. The lowest BCUT2D eigenvalue weighted by molar-refractivity contribution is -0.182. The van der Waals surface area contributed by atoms with E-state index >= 15 is 0 Å².